The molecule has 1 aromatic rings. The molecule has 0 aliphatic carbocycles. The van der Waals surface area contributed by atoms with Gasteiger partial charge in [-0.25, -0.2) is 4.21 Å². The van der Waals surface area contributed by atoms with Crippen LogP contribution in [0.1, 0.15) is 0 Å². The number of hydrogen-bond acceptors (Lipinski definition) is 3. The van der Waals surface area contributed by atoms with E-state index < -0.39 is 16.0 Å². The van der Waals surface area contributed by atoms with E-state index in [4.69, 9.17) is 4.55 Å². The number of nitro groups is 1. The van der Waals surface area contributed by atoms with Crippen LogP contribution in [0.25, 0.3) is 0 Å². The Morgan fingerprint density at radius 3 is 2.08 bits per heavy atom. The van der Waals surface area contributed by atoms with Crippen molar-refractivity contribution in [3.63, 3.8) is 0 Å². The fourth-order valence-corrected chi connectivity index (χ4v) is 1.05. The maximum atomic E-state index is 10.4. The molecule has 0 saturated heterocycles. The van der Waals surface area contributed by atoms with Gasteiger partial charge in [-0.15, -0.1) is 0 Å². The quantitative estimate of drug-likeness (QED) is 0.323. The molecule has 0 saturated carbocycles. The Morgan fingerprint density at radius 1 is 1.31 bits per heavy atom. The molecule has 0 aliphatic rings. The van der Waals surface area contributed by atoms with E-state index in [2.05, 4.69) is 0 Å². The fraction of sp³-hybridized carbons (Fsp3) is 0. The van der Waals surface area contributed by atoms with Gasteiger partial charge in [-0.2, -0.15) is 0 Å². The van der Waals surface area contributed by atoms with Gasteiger partial charge in [0.2, 0.25) is 0 Å². The summed E-state index contributed by atoms with van der Waals surface area (Å²) in [5.41, 5.74) is -0.0933. The van der Waals surface area contributed by atoms with E-state index in [0.717, 1.165) is 0 Å². The van der Waals surface area contributed by atoms with Crippen LogP contribution in [0.15, 0.2) is 29.2 Å². The van der Waals surface area contributed by atoms with Crippen molar-refractivity contribution in [1.29, 1.82) is 0 Å². The van der Waals surface area contributed by atoms with Gasteiger partial charge in [0, 0.05) is 12.1 Å². The normalized spacial score (nSPS) is 11.5. The summed E-state index contributed by atoms with van der Waals surface area (Å²) in [6.45, 7) is 0. The monoisotopic (exact) mass is 195 g/mol. The standard InChI is InChI=1S/C6H5NO4S.Li.H/c8-7(9)5-1-3-6(4-2-5)12(10)11;;/h1-4H,(H,10,11);;. The van der Waals surface area contributed by atoms with E-state index in [1.165, 1.54) is 24.3 Å². The van der Waals surface area contributed by atoms with Gasteiger partial charge in [-0.05, 0) is 12.1 Å². The summed E-state index contributed by atoms with van der Waals surface area (Å²) in [6, 6.07) is 4.86. The molecule has 0 heterocycles. The topological polar surface area (TPSA) is 80.4 Å². The molecule has 0 spiro atoms. The van der Waals surface area contributed by atoms with Crippen LogP contribution in [0.3, 0.4) is 0 Å². The van der Waals surface area contributed by atoms with E-state index in [0.29, 0.717) is 0 Å². The van der Waals surface area contributed by atoms with Crippen LogP contribution >= 0.6 is 0 Å². The van der Waals surface area contributed by atoms with Crippen molar-refractivity contribution in [3.05, 3.63) is 34.4 Å². The molecule has 0 aliphatic heterocycles. The van der Waals surface area contributed by atoms with Crippen LogP contribution in [0, 0.1) is 10.1 Å². The van der Waals surface area contributed by atoms with Crippen LogP contribution in [0.4, 0.5) is 5.69 Å². The van der Waals surface area contributed by atoms with Gasteiger partial charge in [0.1, 0.15) is 0 Å². The summed E-state index contributed by atoms with van der Waals surface area (Å²) < 4.78 is 19.0. The summed E-state index contributed by atoms with van der Waals surface area (Å²) in [4.78, 5) is 9.74. The number of benzene rings is 1. The molecular formula is C6H6LiNO4S. The predicted molar refractivity (Wildman–Crippen MR) is 49.3 cm³/mol. The number of nitrogens with zero attached hydrogens (tertiary/aromatic N) is 1. The van der Waals surface area contributed by atoms with Crippen LogP contribution in [-0.2, 0) is 11.1 Å². The number of hydrogen-bond donors (Lipinski definition) is 1. The zero-order valence-corrected chi connectivity index (χ0v) is 6.65. The van der Waals surface area contributed by atoms with Gasteiger partial charge < -0.3 is 4.55 Å². The van der Waals surface area contributed by atoms with Crippen molar-refractivity contribution in [2.24, 2.45) is 0 Å². The molecule has 0 aromatic heterocycles. The van der Waals surface area contributed by atoms with E-state index in [1.807, 2.05) is 0 Å². The molecule has 0 radical (unpaired) electrons. The molecule has 13 heavy (non-hydrogen) atoms. The summed E-state index contributed by atoms with van der Waals surface area (Å²) >= 11 is -2.07. The Morgan fingerprint density at radius 2 is 1.77 bits per heavy atom. The number of rotatable bonds is 2. The van der Waals surface area contributed by atoms with Crippen molar-refractivity contribution in [2.75, 3.05) is 0 Å². The molecule has 7 heteroatoms. The van der Waals surface area contributed by atoms with Crippen molar-refractivity contribution in [2.45, 2.75) is 4.90 Å². The molecule has 1 aromatic carbocycles. The predicted octanol–water partition coefficient (Wildman–Crippen LogP) is 0.527. The first kappa shape index (κ1) is 12.3. The molecule has 5 nitrogen and oxygen atoms in total. The second-order valence-corrected chi connectivity index (χ2v) is 2.97. The van der Waals surface area contributed by atoms with Crippen molar-refractivity contribution >= 4 is 35.6 Å². The van der Waals surface area contributed by atoms with Gasteiger partial charge in [0.15, 0.2) is 11.1 Å². The molecule has 0 amide bonds. The third kappa shape index (κ3) is 3.28. The molecule has 0 fully saturated rings. The first-order valence-corrected chi connectivity index (χ1v) is 4.07. The Labute approximate surface area is 88.8 Å². The van der Waals surface area contributed by atoms with Gasteiger partial charge >= 0.3 is 18.9 Å². The minimum absolute atomic E-state index is 0. The summed E-state index contributed by atoms with van der Waals surface area (Å²) in [5, 5.41) is 10.1. The van der Waals surface area contributed by atoms with Gasteiger partial charge in [0.25, 0.3) is 5.69 Å². The zero-order valence-electron chi connectivity index (χ0n) is 5.84. The van der Waals surface area contributed by atoms with Gasteiger partial charge in [0.05, 0.1) is 9.82 Å². The van der Waals surface area contributed by atoms with Crippen LogP contribution in [0.5, 0.6) is 0 Å². The zero-order chi connectivity index (χ0) is 9.14. The van der Waals surface area contributed by atoms with Gasteiger partial charge in [-0.3, -0.25) is 10.1 Å². The van der Waals surface area contributed by atoms with Crippen LogP contribution < -0.4 is 0 Å². The average molecular weight is 195 g/mol. The van der Waals surface area contributed by atoms with Crippen molar-refractivity contribution in [1.82, 2.24) is 0 Å². The van der Waals surface area contributed by atoms with Crippen molar-refractivity contribution < 1.29 is 13.7 Å². The van der Waals surface area contributed by atoms with Gasteiger partial charge in [-0.1, -0.05) is 0 Å². The van der Waals surface area contributed by atoms with Crippen LogP contribution in [-0.4, -0.2) is 32.5 Å². The van der Waals surface area contributed by atoms with Crippen molar-refractivity contribution in [3.8, 4) is 0 Å². The van der Waals surface area contributed by atoms with E-state index in [-0.39, 0.29) is 29.4 Å². The molecular weight excluding hydrogens is 189 g/mol. The Kier molecular flexibility index (Phi) is 4.88. The molecule has 1 unspecified atom stereocenters. The Bertz CT molecular complexity index is 293. The third-order valence-electron chi connectivity index (χ3n) is 1.25. The minimum atomic E-state index is -2.07. The second kappa shape index (κ2) is 5.14. The number of nitro benzene ring substituents is 1. The molecule has 1 atom stereocenters. The van der Waals surface area contributed by atoms with E-state index in [1.54, 1.807) is 0 Å². The summed E-state index contributed by atoms with van der Waals surface area (Å²) in [5.74, 6) is 0. The summed E-state index contributed by atoms with van der Waals surface area (Å²) in [6.07, 6.45) is 0. The maximum absolute atomic E-state index is 10.4. The first-order chi connectivity index (χ1) is 5.61. The second-order valence-electron chi connectivity index (χ2n) is 2.00. The SMILES string of the molecule is O=[N+]([O-])c1ccc(S(=O)O)cc1.[LiH]. The Hall–Kier alpha value is -0.673. The van der Waals surface area contributed by atoms with E-state index in [9.17, 15) is 14.3 Å². The summed E-state index contributed by atoms with van der Waals surface area (Å²) in [7, 11) is 0. The van der Waals surface area contributed by atoms with Crippen LogP contribution in [0.2, 0.25) is 0 Å². The fourth-order valence-electron chi connectivity index (χ4n) is 0.684. The third-order valence-corrected chi connectivity index (χ3v) is 1.92. The molecule has 0 bridgehead atoms. The first-order valence-electron chi connectivity index (χ1n) is 2.96. The molecule has 1 rings (SSSR count). The average Bonchev–Trinajstić information content (AvgIpc) is 2.04. The molecule has 1 N–H and O–H groups in total. The molecule has 66 valence electrons. The van der Waals surface area contributed by atoms with E-state index >= 15 is 0 Å². The number of non-ortho nitro benzene ring substituents is 1. The Balaban J connectivity index is 0.00000144.